The lowest BCUT2D eigenvalue weighted by Gasteiger charge is -2.35. The quantitative estimate of drug-likeness (QED) is 0.530. The third-order valence-corrected chi connectivity index (χ3v) is 5.97. The largest absolute Gasteiger partial charge is 0.456 e. The molecule has 1 heterocycles. The van der Waals surface area contributed by atoms with Gasteiger partial charge in [-0.25, -0.2) is 8.43 Å². The Kier molecular flexibility index (Phi) is 8.25. The van der Waals surface area contributed by atoms with Gasteiger partial charge in [-0.2, -0.15) is 13.2 Å². The molecular formula is C14H20F3N3S3. The minimum Gasteiger partial charge on any atom is -0.369 e. The molecule has 2 rings (SSSR count). The Morgan fingerprint density at radius 3 is 2.35 bits per heavy atom. The van der Waals surface area contributed by atoms with Crippen molar-refractivity contribution in [2.24, 2.45) is 0 Å². The van der Waals surface area contributed by atoms with E-state index in [2.05, 4.69) is 37.6 Å². The van der Waals surface area contributed by atoms with Gasteiger partial charge >= 0.3 is 5.51 Å². The van der Waals surface area contributed by atoms with E-state index >= 15 is 0 Å². The maximum Gasteiger partial charge on any atom is 0.456 e. The molecular weight excluding hydrogens is 363 g/mol. The summed E-state index contributed by atoms with van der Waals surface area (Å²) >= 11 is 2.72. The van der Waals surface area contributed by atoms with Gasteiger partial charge in [0, 0.05) is 55.3 Å². The maximum atomic E-state index is 11.9. The topological polar surface area (TPSA) is 18.5 Å². The van der Waals surface area contributed by atoms with Crippen LogP contribution in [-0.2, 0) is 0 Å². The van der Waals surface area contributed by atoms with Crippen LogP contribution in [0.3, 0.4) is 0 Å². The first kappa shape index (κ1) is 19.1. The predicted octanol–water partition coefficient (Wildman–Crippen LogP) is 4.25. The normalized spacial score (nSPS) is 16.7. The van der Waals surface area contributed by atoms with E-state index in [0.717, 1.165) is 50.3 Å². The molecule has 23 heavy (non-hydrogen) atoms. The second-order valence-corrected chi connectivity index (χ2v) is 8.13. The zero-order chi connectivity index (χ0) is 16.5. The Bertz CT molecular complexity index is 440. The van der Waals surface area contributed by atoms with Gasteiger partial charge in [0.25, 0.3) is 0 Å². The van der Waals surface area contributed by atoms with Crippen LogP contribution >= 0.6 is 35.8 Å². The molecule has 1 aromatic carbocycles. The number of anilines is 1. The highest BCUT2D eigenvalue weighted by atomic mass is 32.2. The summed E-state index contributed by atoms with van der Waals surface area (Å²) in [6.07, 6.45) is 0.889. The number of benzene rings is 1. The molecule has 0 aromatic heterocycles. The van der Waals surface area contributed by atoms with Gasteiger partial charge in [0.15, 0.2) is 0 Å². The van der Waals surface area contributed by atoms with Crippen molar-refractivity contribution in [2.75, 3.05) is 42.6 Å². The van der Waals surface area contributed by atoms with Crippen LogP contribution in [0.4, 0.5) is 18.9 Å². The standard InChI is InChI=1S/C14H20F3N3S3/c15-14(16,17)23-18-21-11-4-12-22-20-9-7-19(8-10-20)13-5-2-1-3-6-13/h1-3,5-6,18H,4,7-12H2. The number of para-hydroxylation sites is 1. The Hall–Kier alpha value is -0.220. The predicted molar refractivity (Wildman–Crippen MR) is 96.5 cm³/mol. The van der Waals surface area contributed by atoms with Crippen LogP contribution in [0.25, 0.3) is 0 Å². The van der Waals surface area contributed by atoms with Crippen molar-refractivity contribution >= 4 is 41.5 Å². The summed E-state index contributed by atoms with van der Waals surface area (Å²) in [5, 5.41) is 0. The molecule has 0 spiro atoms. The first-order valence-electron chi connectivity index (χ1n) is 7.34. The summed E-state index contributed by atoms with van der Waals surface area (Å²) < 4.78 is 40.3. The molecule has 0 amide bonds. The number of rotatable bonds is 8. The fourth-order valence-corrected chi connectivity index (χ4v) is 4.53. The van der Waals surface area contributed by atoms with Crippen LogP contribution in [0.1, 0.15) is 6.42 Å². The molecule has 9 heteroatoms. The average molecular weight is 384 g/mol. The van der Waals surface area contributed by atoms with E-state index in [1.54, 1.807) is 11.9 Å². The molecule has 0 saturated carbocycles. The third kappa shape index (κ3) is 7.93. The summed E-state index contributed by atoms with van der Waals surface area (Å²) in [6.45, 7) is 4.04. The number of piperazine rings is 1. The lowest BCUT2D eigenvalue weighted by Crippen LogP contribution is -2.43. The minimum atomic E-state index is -4.21. The Balaban J connectivity index is 1.50. The van der Waals surface area contributed by atoms with E-state index in [-0.39, 0.29) is 11.9 Å². The van der Waals surface area contributed by atoms with Crippen molar-refractivity contribution < 1.29 is 13.2 Å². The van der Waals surface area contributed by atoms with Crippen LogP contribution < -0.4 is 9.03 Å². The smallest absolute Gasteiger partial charge is 0.369 e. The second kappa shape index (κ2) is 9.93. The van der Waals surface area contributed by atoms with E-state index in [0.29, 0.717) is 5.75 Å². The molecule has 3 nitrogen and oxygen atoms in total. The van der Waals surface area contributed by atoms with E-state index < -0.39 is 5.51 Å². The molecule has 130 valence electrons. The number of halogens is 3. The van der Waals surface area contributed by atoms with Gasteiger partial charge in [-0.3, -0.25) is 0 Å². The summed E-state index contributed by atoms with van der Waals surface area (Å²) in [5.41, 5.74) is -2.94. The van der Waals surface area contributed by atoms with Gasteiger partial charge in [0.05, 0.1) is 0 Å². The first-order chi connectivity index (χ1) is 11.0. The Morgan fingerprint density at radius 1 is 1.00 bits per heavy atom. The first-order valence-corrected chi connectivity index (χ1v) is 10.1. The fourth-order valence-electron chi connectivity index (χ4n) is 2.16. The summed E-state index contributed by atoms with van der Waals surface area (Å²) in [5.74, 6) is 1.62. The molecule has 0 bridgehead atoms. The van der Waals surface area contributed by atoms with Crippen molar-refractivity contribution in [3.05, 3.63) is 30.3 Å². The summed E-state index contributed by atoms with van der Waals surface area (Å²) in [7, 11) is 0. The monoisotopic (exact) mass is 383 g/mol. The van der Waals surface area contributed by atoms with Gasteiger partial charge in [-0.15, -0.1) is 0 Å². The Labute approximate surface area is 148 Å². The maximum absolute atomic E-state index is 11.9. The van der Waals surface area contributed by atoms with Crippen molar-refractivity contribution in [3.63, 3.8) is 0 Å². The number of nitrogens with one attached hydrogen (secondary N) is 1. The highest BCUT2D eigenvalue weighted by Crippen LogP contribution is 2.29. The van der Waals surface area contributed by atoms with Gasteiger partial charge in [-0.05, 0) is 18.6 Å². The molecule has 1 aliphatic heterocycles. The van der Waals surface area contributed by atoms with Crippen LogP contribution in [0.2, 0.25) is 0 Å². The van der Waals surface area contributed by atoms with Crippen LogP contribution in [0.15, 0.2) is 30.3 Å². The molecule has 1 aliphatic rings. The second-order valence-electron chi connectivity index (χ2n) is 4.92. The fraction of sp³-hybridized carbons (Fsp3) is 0.571. The van der Waals surface area contributed by atoms with Crippen molar-refractivity contribution in [3.8, 4) is 0 Å². The van der Waals surface area contributed by atoms with Crippen LogP contribution in [0.5, 0.6) is 0 Å². The molecule has 1 aromatic rings. The zero-order valence-electron chi connectivity index (χ0n) is 12.6. The highest BCUT2D eigenvalue weighted by Gasteiger charge is 2.28. The molecule has 1 N–H and O–H groups in total. The van der Waals surface area contributed by atoms with Gasteiger partial charge < -0.3 is 4.90 Å². The molecule has 1 saturated heterocycles. The SMILES string of the molecule is FC(F)(F)SNSCCCSN1CCN(c2ccccc2)CC1. The van der Waals surface area contributed by atoms with E-state index in [1.165, 1.54) is 5.69 Å². The zero-order valence-corrected chi connectivity index (χ0v) is 15.0. The molecule has 0 atom stereocenters. The van der Waals surface area contributed by atoms with E-state index in [9.17, 15) is 13.2 Å². The van der Waals surface area contributed by atoms with E-state index in [4.69, 9.17) is 0 Å². The van der Waals surface area contributed by atoms with Crippen LogP contribution in [-0.4, -0.2) is 47.5 Å². The Morgan fingerprint density at radius 2 is 1.70 bits per heavy atom. The van der Waals surface area contributed by atoms with Crippen molar-refractivity contribution in [1.82, 2.24) is 8.43 Å². The van der Waals surface area contributed by atoms with Crippen molar-refractivity contribution in [1.29, 1.82) is 0 Å². The van der Waals surface area contributed by atoms with Crippen molar-refractivity contribution in [2.45, 2.75) is 11.9 Å². The summed E-state index contributed by atoms with van der Waals surface area (Å²) in [6, 6.07) is 10.4. The average Bonchev–Trinajstić information content (AvgIpc) is 2.54. The van der Waals surface area contributed by atoms with Crippen LogP contribution in [0, 0.1) is 0 Å². The summed E-state index contributed by atoms with van der Waals surface area (Å²) in [4.78, 5) is 2.38. The number of hydrogen-bond donors (Lipinski definition) is 1. The molecule has 0 aliphatic carbocycles. The minimum absolute atomic E-state index is 0.192. The lowest BCUT2D eigenvalue weighted by molar-refractivity contribution is -0.0331. The number of nitrogens with zero attached hydrogens (tertiary/aromatic N) is 2. The molecule has 0 radical (unpaired) electrons. The highest BCUT2D eigenvalue weighted by molar-refractivity contribution is 8.13. The van der Waals surface area contributed by atoms with Gasteiger partial charge in [0.1, 0.15) is 0 Å². The third-order valence-electron chi connectivity index (χ3n) is 3.24. The van der Waals surface area contributed by atoms with E-state index in [1.807, 2.05) is 6.07 Å². The number of alkyl halides is 3. The number of hydrogen-bond acceptors (Lipinski definition) is 6. The lowest BCUT2D eigenvalue weighted by atomic mass is 10.2. The van der Waals surface area contributed by atoms with Gasteiger partial charge in [0.2, 0.25) is 0 Å². The molecule has 1 fully saturated rings. The van der Waals surface area contributed by atoms with Gasteiger partial charge in [-0.1, -0.05) is 42.1 Å². The molecule has 0 unspecified atom stereocenters.